The largest absolute Gasteiger partial charge is 0.385 e. The molecule has 2 N–H and O–H groups in total. The molecule has 0 aliphatic carbocycles. The molecule has 0 fully saturated rings. The highest BCUT2D eigenvalue weighted by Gasteiger charge is 2.05. The van der Waals surface area contributed by atoms with E-state index in [1.165, 1.54) is 5.69 Å². The molecule has 1 rings (SSSR count). The lowest BCUT2D eigenvalue weighted by Crippen LogP contribution is -2.29. The van der Waals surface area contributed by atoms with Crippen molar-refractivity contribution >= 4 is 5.69 Å². The van der Waals surface area contributed by atoms with Crippen molar-refractivity contribution in [2.75, 3.05) is 45.4 Å². The van der Waals surface area contributed by atoms with Gasteiger partial charge in [0.15, 0.2) is 0 Å². The van der Waals surface area contributed by atoms with E-state index in [0.29, 0.717) is 6.54 Å². The second-order valence-electron chi connectivity index (χ2n) is 4.20. The van der Waals surface area contributed by atoms with Crippen LogP contribution in [-0.4, -0.2) is 40.5 Å². The minimum atomic E-state index is 0.585. The van der Waals surface area contributed by atoms with Crippen molar-refractivity contribution < 1.29 is 9.47 Å². The molecule has 0 radical (unpaired) electrons. The van der Waals surface area contributed by atoms with E-state index in [2.05, 4.69) is 29.2 Å². The highest BCUT2D eigenvalue weighted by Crippen LogP contribution is 2.15. The third-order valence-electron chi connectivity index (χ3n) is 2.88. The first-order valence-electron chi connectivity index (χ1n) is 6.33. The predicted molar refractivity (Wildman–Crippen MR) is 74.9 cm³/mol. The molecule has 1 aromatic rings. The van der Waals surface area contributed by atoms with Crippen LogP contribution in [-0.2, 0) is 16.0 Å². The van der Waals surface area contributed by atoms with Gasteiger partial charge in [0.2, 0.25) is 0 Å². The summed E-state index contributed by atoms with van der Waals surface area (Å²) in [6.07, 6.45) is 1.01. The number of hydrogen-bond donors (Lipinski definition) is 1. The first kappa shape index (κ1) is 15.0. The van der Waals surface area contributed by atoms with Gasteiger partial charge in [-0.25, -0.2) is 0 Å². The summed E-state index contributed by atoms with van der Waals surface area (Å²) < 4.78 is 10.2. The molecule has 4 heteroatoms. The van der Waals surface area contributed by atoms with E-state index in [0.717, 1.165) is 38.3 Å². The van der Waals surface area contributed by atoms with Crippen LogP contribution in [0.1, 0.15) is 12.0 Å². The van der Waals surface area contributed by atoms with E-state index < -0.39 is 0 Å². The average molecular weight is 252 g/mol. The molecule has 0 bridgehead atoms. The van der Waals surface area contributed by atoms with Crippen molar-refractivity contribution in [2.45, 2.75) is 13.0 Å². The van der Waals surface area contributed by atoms with E-state index in [4.69, 9.17) is 15.2 Å². The number of nitrogens with zero attached hydrogens (tertiary/aromatic N) is 1. The summed E-state index contributed by atoms with van der Waals surface area (Å²) in [6.45, 7) is 3.96. The van der Waals surface area contributed by atoms with Gasteiger partial charge < -0.3 is 20.1 Å². The van der Waals surface area contributed by atoms with Crippen molar-refractivity contribution in [3.05, 3.63) is 29.8 Å². The fourth-order valence-electron chi connectivity index (χ4n) is 1.81. The first-order valence-corrected chi connectivity index (χ1v) is 6.33. The highest BCUT2D eigenvalue weighted by molar-refractivity contribution is 5.47. The van der Waals surface area contributed by atoms with Crippen molar-refractivity contribution in [1.82, 2.24) is 0 Å². The number of ether oxygens (including phenoxy) is 2. The molecule has 0 unspecified atom stereocenters. The molecular weight excluding hydrogens is 228 g/mol. The van der Waals surface area contributed by atoms with Gasteiger partial charge in [-0.05, 0) is 24.1 Å². The number of benzene rings is 1. The van der Waals surface area contributed by atoms with Gasteiger partial charge in [0.05, 0.1) is 6.61 Å². The number of methoxy groups -OCH3 is 2. The zero-order valence-corrected chi connectivity index (χ0v) is 11.4. The van der Waals surface area contributed by atoms with Crippen molar-refractivity contribution in [1.29, 1.82) is 0 Å². The number of rotatable bonds is 9. The van der Waals surface area contributed by atoms with Gasteiger partial charge in [-0.1, -0.05) is 12.1 Å². The van der Waals surface area contributed by atoms with E-state index in [1.54, 1.807) is 14.2 Å². The van der Waals surface area contributed by atoms with Gasteiger partial charge in [-0.3, -0.25) is 0 Å². The van der Waals surface area contributed by atoms with Crippen LogP contribution < -0.4 is 10.6 Å². The smallest absolute Gasteiger partial charge is 0.0637 e. The maximum atomic E-state index is 5.60. The summed E-state index contributed by atoms with van der Waals surface area (Å²) >= 11 is 0. The Balaban J connectivity index is 2.60. The molecule has 0 atom stereocenters. The second kappa shape index (κ2) is 8.91. The van der Waals surface area contributed by atoms with E-state index in [1.807, 2.05) is 0 Å². The maximum absolute atomic E-state index is 5.60. The molecule has 18 heavy (non-hydrogen) atoms. The Bertz CT molecular complexity index is 314. The number of anilines is 1. The van der Waals surface area contributed by atoms with Crippen molar-refractivity contribution in [3.63, 3.8) is 0 Å². The van der Waals surface area contributed by atoms with Crippen molar-refractivity contribution in [3.8, 4) is 0 Å². The fourth-order valence-corrected chi connectivity index (χ4v) is 1.81. The molecule has 1 aromatic carbocycles. The summed E-state index contributed by atoms with van der Waals surface area (Å²) in [6, 6.07) is 8.38. The lowest BCUT2D eigenvalue weighted by atomic mass is 10.2. The predicted octanol–water partition coefficient (Wildman–Crippen LogP) is 1.63. The van der Waals surface area contributed by atoms with E-state index in [-0.39, 0.29) is 0 Å². The van der Waals surface area contributed by atoms with Gasteiger partial charge in [-0.2, -0.15) is 0 Å². The molecule has 102 valence electrons. The topological polar surface area (TPSA) is 47.7 Å². The molecule has 4 nitrogen and oxygen atoms in total. The Kier molecular flexibility index (Phi) is 7.41. The Morgan fingerprint density at radius 1 is 1.00 bits per heavy atom. The maximum Gasteiger partial charge on any atom is 0.0637 e. The van der Waals surface area contributed by atoms with Gasteiger partial charge in [0.1, 0.15) is 0 Å². The molecule has 0 saturated heterocycles. The third-order valence-corrected chi connectivity index (χ3v) is 2.88. The summed E-state index contributed by atoms with van der Waals surface area (Å²) in [7, 11) is 3.46. The van der Waals surface area contributed by atoms with Crippen molar-refractivity contribution in [2.24, 2.45) is 5.73 Å². The first-order chi connectivity index (χ1) is 8.81. The number of nitrogens with two attached hydrogens (primary N) is 1. The molecule has 0 aliphatic rings. The molecule has 0 heterocycles. The van der Waals surface area contributed by atoms with Gasteiger partial charge in [0.25, 0.3) is 0 Å². The molecule has 0 spiro atoms. The molecular formula is C14H24N2O2. The minimum absolute atomic E-state index is 0.585. The van der Waals surface area contributed by atoms with Gasteiger partial charge in [0, 0.05) is 46.1 Å². The van der Waals surface area contributed by atoms with Crippen LogP contribution in [0, 0.1) is 0 Å². The Morgan fingerprint density at radius 2 is 1.67 bits per heavy atom. The minimum Gasteiger partial charge on any atom is -0.385 e. The summed E-state index contributed by atoms with van der Waals surface area (Å²) in [5.74, 6) is 0. The van der Waals surface area contributed by atoms with Gasteiger partial charge >= 0.3 is 0 Å². The zero-order chi connectivity index (χ0) is 13.2. The Hall–Kier alpha value is -1.10. The summed E-state index contributed by atoms with van der Waals surface area (Å²) in [5, 5.41) is 0. The van der Waals surface area contributed by atoms with Gasteiger partial charge in [-0.15, -0.1) is 0 Å². The van der Waals surface area contributed by atoms with Crippen LogP contribution in [0.2, 0.25) is 0 Å². The Morgan fingerprint density at radius 3 is 2.22 bits per heavy atom. The quantitative estimate of drug-likeness (QED) is 0.679. The lowest BCUT2D eigenvalue weighted by molar-refractivity contribution is 0.191. The molecule has 0 aliphatic heterocycles. The van der Waals surface area contributed by atoms with E-state index in [9.17, 15) is 0 Å². The van der Waals surface area contributed by atoms with Crippen LogP contribution >= 0.6 is 0 Å². The Labute approximate surface area is 110 Å². The summed E-state index contributed by atoms with van der Waals surface area (Å²) in [5.41, 5.74) is 7.97. The number of hydrogen-bond acceptors (Lipinski definition) is 4. The molecule has 0 saturated carbocycles. The van der Waals surface area contributed by atoms with Crippen LogP contribution in [0.4, 0.5) is 5.69 Å². The molecule has 0 aromatic heterocycles. The zero-order valence-electron chi connectivity index (χ0n) is 11.4. The standard InChI is InChI=1S/C14H24N2O2/c1-17-10-3-8-16(9-11-18-2)14-6-4-13(12-15)5-7-14/h4-7H,3,8-12,15H2,1-2H3. The normalized spacial score (nSPS) is 10.6. The average Bonchev–Trinajstić information content (AvgIpc) is 2.43. The highest BCUT2D eigenvalue weighted by atomic mass is 16.5. The fraction of sp³-hybridized carbons (Fsp3) is 0.571. The summed E-state index contributed by atoms with van der Waals surface area (Å²) in [4.78, 5) is 2.31. The SMILES string of the molecule is COCCCN(CCOC)c1ccc(CN)cc1. The third kappa shape index (κ3) is 5.04. The van der Waals surface area contributed by atoms with E-state index >= 15 is 0 Å². The van der Waals surface area contributed by atoms with Crippen LogP contribution in [0.5, 0.6) is 0 Å². The van der Waals surface area contributed by atoms with Crippen LogP contribution in [0.25, 0.3) is 0 Å². The van der Waals surface area contributed by atoms with Crippen LogP contribution in [0.15, 0.2) is 24.3 Å². The monoisotopic (exact) mass is 252 g/mol. The lowest BCUT2D eigenvalue weighted by Gasteiger charge is -2.24. The molecule has 0 amide bonds. The van der Waals surface area contributed by atoms with Crippen LogP contribution in [0.3, 0.4) is 0 Å². The second-order valence-corrected chi connectivity index (χ2v) is 4.20.